The number of hydrogen-bond acceptors (Lipinski definition) is 6. The lowest BCUT2D eigenvalue weighted by atomic mass is 10.1. The van der Waals surface area contributed by atoms with Crippen LogP contribution in [0.4, 0.5) is 0 Å². The second-order valence-corrected chi connectivity index (χ2v) is 12.9. The molecule has 10 heteroatoms. The van der Waals surface area contributed by atoms with E-state index in [4.69, 9.17) is 4.74 Å². The smallest absolute Gasteiger partial charge is 0.244 e. The molecule has 37 heavy (non-hydrogen) atoms. The summed E-state index contributed by atoms with van der Waals surface area (Å²) in [6.45, 7) is 6.10. The van der Waals surface area contributed by atoms with Crippen molar-refractivity contribution in [2.75, 3.05) is 13.1 Å². The monoisotopic (exact) mass is 539 g/mol. The van der Waals surface area contributed by atoms with Crippen LogP contribution in [-0.2, 0) is 20.0 Å². The fourth-order valence-corrected chi connectivity index (χ4v) is 7.27. The average Bonchev–Trinajstić information content (AvgIpc) is 2.84. The van der Waals surface area contributed by atoms with Crippen LogP contribution < -0.4 is 9.46 Å². The molecule has 4 rings (SSSR count). The molecule has 1 saturated heterocycles. The van der Waals surface area contributed by atoms with E-state index in [2.05, 4.69) is 4.72 Å². The third kappa shape index (κ3) is 6.19. The number of hydrogen-bond donors (Lipinski definition) is 1. The molecule has 0 radical (unpaired) electrons. The Bertz CT molecular complexity index is 1530. The van der Waals surface area contributed by atoms with Crippen molar-refractivity contribution >= 4 is 20.0 Å². The molecule has 0 amide bonds. The first-order valence-corrected chi connectivity index (χ1v) is 14.8. The topological polar surface area (TPSA) is 117 Å². The summed E-state index contributed by atoms with van der Waals surface area (Å²) in [6.07, 6.45) is 0.630. The van der Waals surface area contributed by atoms with Crippen LogP contribution in [0.5, 0.6) is 11.5 Å². The molecule has 0 saturated carbocycles. The zero-order valence-electron chi connectivity index (χ0n) is 20.9. The summed E-state index contributed by atoms with van der Waals surface area (Å²) >= 11 is 0. The third-order valence-electron chi connectivity index (χ3n) is 6.22. The highest BCUT2D eigenvalue weighted by Gasteiger charge is 2.32. The van der Waals surface area contributed by atoms with E-state index in [1.165, 1.54) is 22.5 Å². The van der Waals surface area contributed by atoms with Gasteiger partial charge in [-0.3, -0.25) is 0 Å². The summed E-state index contributed by atoms with van der Waals surface area (Å²) in [7, 11) is -7.72. The van der Waals surface area contributed by atoms with E-state index < -0.39 is 26.1 Å². The van der Waals surface area contributed by atoms with Gasteiger partial charge in [-0.25, -0.2) is 21.6 Å². The van der Waals surface area contributed by atoms with E-state index in [-0.39, 0.29) is 34.2 Å². The number of benzene rings is 3. The van der Waals surface area contributed by atoms with Crippen molar-refractivity contribution in [2.24, 2.45) is 0 Å². The molecule has 1 heterocycles. The second-order valence-electron chi connectivity index (χ2n) is 9.31. The number of sulfonamides is 2. The van der Waals surface area contributed by atoms with Crippen LogP contribution in [0.2, 0.25) is 0 Å². The Morgan fingerprint density at radius 3 is 2.08 bits per heavy atom. The van der Waals surface area contributed by atoms with Gasteiger partial charge in [0.1, 0.15) is 16.4 Å². The van der Waals surface area contributed by atoms with Crippen molar-refractivity contribution in [1.29, 1.82) is 5.26 Å². The quantitative estimate of drug-likeness (QED) is 0.476. The van der Waals surface area contributed by atoms with Crippen LogP contribution in [0.3, 0.4) is 0 Å². The van der Waals surface area contributed by atoms with Gasteiger partial charge in [0.2, 0.25) is 20.0 Å². The van der Waals surface area contributed by atoms with Crippen LogP contribution in [0.1, 0.15) is 35.1 Å². The summed E-state index contributed by atoms with van der Waals surface area (Å²) in [5, 5.41) is 9.35. The molecule has 0 bridgehead atoms. The van der Waals surface area contributed by atoms with Gasteiger partial charge in [0.25, 0.3) is 0 Å². The molecule has 0 aromatic heterocycles. The first-order chi connectivity index (χ1) is 17.5. The molecular formula is C27H29N3O5S2. The van der Waals surface area contributed by atoms with E-state index in [1.807, 2.05) is 32.9 Å². The van der Waals surface area contributed by atoms with Crippen LogP contribution in [0.15, 0.2) is 70.5 Å². The van der Waals surface area contributed by atoms with E-state index in [1.54, 1.807) is 36.4 Å². The molecule has 3 aromatic rings. The Morgan fingerprint density at radius 2 is 1.49 bits per heavy atom. The van der Waals surface area contributed by atoms with Crippen molar-refractivity contribution in [3.05, 3.63) is 82.9 Å². The van der Waals surface area contributed by atoms with Crippen molar-refractivity contribution in [2.45, 2.75) is 49.4 Å². The van der Waals surface area contributed by atoms with Gasteiger partial charge in [0, 0.05) is 19.1 Å². The maximum Gasteiger partial charge on any atom is 0.244 e. The Kier molecular flexibility index (Phi) is 7.71. The number of nitriles is 1. The molecule has 1 fully saturated rings. The highest BCUT2D eigenvalue weighted by atomic mass is 32.2. The van der Waals surface area contributed by atoms with Gasteiger partial charge in [-0.05, 0) is 87.2 Å². The highest BCUT2D eigenvalue weighted by molar-refractivity contribution is 7.89. The first-order valence-electron chi connectivity index (χ1n) is 11.9. The zero-order chi connectivity index (χ0) is 26.8. The minimum absolute atomic E-state index is 0.107. The molecule has 0 aliphatic carbocycles. The van der Waals surface area contributed by atoms with Gasteiger partial charge in [-0.1, -0.05) is 23.8 Å². The SMILES string of the molecule is Cc1ccc(S(=O)(=O)N2CCC(NS(=O)(=O)c3cc(C#N)ccc3Oc3cc(C)cc(C)c3)CC2)cc1. The lowest BCUT2D eigenvalue weighted by molar-refractivity contribution is 0.308. The molecule has 1 aliphatic rings. The standard InChI is InChI=1S/C27H29N3O5S2/c1-19-4-7-25(8-5-19)37(33,34)30-12-10-23(11-13-30)29-36(31,32)27-17-22(18-28)6-9-26(27)35-24-15-20(2)14-21(3)16-24/h4-9,14-17,23,29H,10-13H2,1-3H3. The Balaban J connectivity index is 1.51. The molecule has 1 aliphatic heterocycles. The number of piperidine rings is 1. The number of nitrogens with zero attached hydrogens (tertiary/aromatic N) is 2. The second kappa shape index (κ2) is 10.6. The third-order valence-corrected chi connectivity index (χ3v) is 9.67. The van der Waals surface area contributed by atoms with Gasteiger partial charge < -0.3 is 4.74 Å². The molecule has 194 valence electrons. The lowest BCUT2D eigenvalue weighted by Gasteiger charge is -2.31. The first kappa shape index (κ1) is 26.8. The molecule has 3 aromatic carbocycles. The van der Waals surface area contributed by atoms with E-state index in [0.717, 1.165) is 16.7 Å². The molecule has 1 N–H and O–H groups in total. The maximum absolute atomic E-state index is 13.4. The highest BCUT2D eigenvalue weighted by Crippen LogP contribution is 2.31. The number of rotatable bonds is 7. The van der Waals surface area contributed by atoms with Crippen molar-refractivity contribution in [1.82, 2.24) is 9.03 Å². The lowest BCUT2D eigenvalue weighted by Crippen LogP contribution is -2.46. The number of ether oxygens (including phenoxy) is 1. The molecular weight excluding hydrogens is 510 g/mol. The normalized spacial score (nSPS) is 15.3. The summed E-state index contributed by atoms with van der Waals surface area (Å²) in [5.74, 6) is 0.601. The average molecular weight is 540 g/mol. The number of aryl methyl sites for hydroxylation is 3. The minimum atomic E-state index is -4.07. The minimum Gasteiger partial charge on any atom is -0.456 e. The summed E-state index contributed by atoms with van der Waals surface area (Å²) < 4.78 is 62.8. The van der Waals surface area contributed by atoms with Crippen molar-refractivity contribution < 1.29 is 21.6 Å². The van der Waals surface area contributed by atoms with Gasteiger partial charge in [-0.2, -0.15) is 9.57 Å². The van der Waals surface area contributed by atoms with Gasteiger partial charge in [0.05, 0.1) is 16.5 Å². The molecule has 0 atom stereocenters. The summed E-state index contributed by atoms with van der Waals surface area (Å²) in [6, 6.07) is 18.0. The summed E-state index contributed by atoms with van der Waals surface area (Å²) in [5.41, 5.74) is 3.10. The van der Waals surface area contributed by atoms with Crippen molar-refractivity contribution in [3.63, 3.8) is 0 Å². The van der Waals surface area contributed by atoms with Crippen LogP contribution in [0.25, 0.3) is 0 Å². The molecule has 0 spiro atoms. The largest absolute Gasteiger partial charge is 0.456 e. The summed E-state index contributed by atoms with van der Waals surface area (Å²) in [4.78, 5) is 0.0824. The van der Waals surface area contributed by atoms with Crippen LogP contribution in [0, 0.1) is 32.1 Å². The van der Waals surface area contributed by atoms with E-state index in [0.29, 0.717) is 18.6 Å². The Labute approximate surface area is 218 Å². The zero-order valence-corrected chi connectivity index (χ0v) is 22.6. The predicted octanol–water partition coefficient (Wildman–Crippen LogP) is 4.41. The fourth-order valence-electron chi connectivity index (χ4n) is 4.35. The maximum atomic E-state index is 13.4. The van der Waals surface area contributed by atoms with Crippen LogP contribution >= 0.6 is 0 Å². The number of nitrogens with one attached hydrogen (secondary N) is 1. The van der Waals surface area contributed by atoms with Gasteiger partial charge in [-0.15, -0.1) is 0 Å². The molecule has 8 nitrogen and oxygen atoms in total. The van der Waals surface area contributed by atoms with E-state index in [9.17, 15) is 22.1 Å². The van der Waals surface area contributed by atoms with Crippen LogP contribution in [-0.4, -0.2) is 40.3 Å². The van der Waals surface area contributed by atoms with Crippen molar-refractivity contribution in [3.8, 4) is 17.6 Å². The van der Waals surface area contributed by atoms with Gasteiger partial charge >= 0.3 is 0 Å². The van der Waals surface area contributed by atoms with Gasteiger partial charge in [0.15, 0.2) is 0 Å². The molecule has 0 unspecified atom stereocenters. The van der Waals surface area contributed by atoms with E-state index >= 15 is 0 Å². The fraction of sp³-hybridized carbons (Fsp3) is 0.296. The predicted molar refractivity (Wildman–Crippen MR) is 140 cm³/mol. The Morgan fingerprint density at radius 1 is 0.865 bits per heavy atom. The Hall–Kier alpha value is -3.23.